The average molecular weight is 307 g/mol. The van der Waals surface area contributed by atoms with Crippen molar-refractivity contribution in [2.75, 3.05) is 19.1 Å². The Bertz CT molecular complexity index is 561. The molecule has 1 aromatic carbocycles. The number of esters is 1. The second kappa shape index (κ2) is 5.96. The summed E-state index contributed by atoms with van der Waals surface area (Å²) in [4.78, 5) is 25.9. The van der Waals surface area contributed by atoms with E-state index in [0.29, 0.717) is 11.4 Å². The third-order valence-electron chi connectivity index (χ3n) is 3.30. The van der Waals surface area contributed by atoms with Crippen molar-refractivity contribution in [1.29, 1.82) is 0 Å². The van der Waals surface area contributed by atoms with Crippen LogP contribution in [0.1, 0.15) is 20.8 Å². The lowest BCUT2D eigenvalue weighted by atomic mass is 9.96. The third-order valence-corrected chi connectivity index (χ3v) is 3.30. The predicted octanol–water partition coefficient (Wildman–Crippen LogP) is 1.77. The van der Waals surface area contributed by atoms with Gasteiger partial charge in [0.2, 0.25) is 0 Å². The Hall–Kier alpha value is -2.08. The number of hydrogen-bond donors (Lipinski definition) is 0. The lowest BCUT2D eigenvalue weighted by Gasteiger charge is -2.44. The molecule has 1 amide bonds. The van der Waals surface area contributed by atoms with Gasteiger partial charge in [0.25, 0.3) is 5.91 Å². The minimum absolute atomic E-state index is 0.261. The first-order valence-corrected chi connectivity index (χ1v) is 7.01. The van der Waals surface area contributed by atoms with Crippen molar-refractivity contribution in [3.05, 3.63) is 24.3 Å². The molecule has 0 radical (unpaired) electrons. The van der Waals surface area contributed by atoms with Crippen molar-refractivity contribution >= 4 is 17.6 Å². The molecular formula is C16H21NO5. The van der Waals surface area contributed by atoms with E-state index in [9.17, 15) is 9.59 Å². The second-order valence-electron chi connectivity index (χ2n) is 6.04. The SMILES string of the molecule is COc1ccc(N2C(=O)[C@@H](OC)[C@@H]2C(=O)OC(C)(C)C)cc1. The van der Waals surface area contributed by atoms with E-state index in [-0.39, 0.29) is 5.91 Å². The maximum Gasteiger partial charge on any atom is 0.333 e. The summed E-state index contributed by atoms with van der Waals surface area (Å²) >= 11 is 0. The first kappa shape index (κ1) is 16.3. The third kappa shape index (κ3) is 3.06. The van der Waals surface area contributed by atoms with Gasteiger partial charge < -0.3 is 14.2 Å². The van der Waals surface area contributed by atoms with Gasteiger partial charge in [0, 0.05) is 12.8 Å². The first-order chi connectivity index (χ1) is 10.3. The summed E-state index contributed by atoms with van der Waals surface area (Å²) in [7, 11) is 2.97. The highest BCUT2D eigenvalue weighted by molar-refractivity contribution is 6.12. The molecule has 0 N–H and O–H groups in total. The van der Waals surface area contributed by atoms with Gasteiger partial charge in [-0.1, -0.05) is 0 Å². The molecule has 1 aliphatic heterocycles. The minimum Gasteiger partial charge on any atom is -0.497 e. The van der Waals surface area contributed by atoms with Crippen LogP contribution < -0.4 is 9.64 Å². The first-order valence-electron chi connectivity index (χ1n) is 7.01. The van der Waals surface area contributed by atoms with E-state index in [2.05, 4.69) is 0 Å². The second-order valence-corrected chi connectivity index (χ2v) is 6.04. The number of ether oxygens (including phenoxy) is 3. The normalized spacial score (nSPS) is 21.3. The number of methoxy groups -OCH3 is 2. The molecule has 2 rings (SSSR count). The lowest BCUT2D eigenvalue weighted by molar-refractivity contribution is -0.168. The summed E-state index contributed by atoms with van der Waals surface area (Å²) < 4.78 is 15.6. The maximum atomic E-state index is 12.3. The highest BCUT2D eigenvalue weighted by Crippen LogP contribution is 2.32. The zero-order valence-corrected chi connectivity index (χ0v) is 13.5. The Morgan fingerprint density at radius 2 is 1.73 bits per heavy atom. The number of nitrogens with zero attached hydrogens (tertiary/aromatic N) is 1. The Labute approximate surface area is 129 Å². The summed E-state index contributed by atoms with van der Waals surface area (Å²) in [5, 5.41) is 0. The maximum absolute atomic E-state index is 12.3. The van der Waals surface area contributed by atoms with Crippen molar-refractivity contribution in [3.63, 3.8) is 0 Å². The number of carbonyl (C=O) groups is 2. The van der Waals surface area contributed by atoms with Crippen molar-refractivity contribution in [2.45, 2.75) is 38.5 Å². The molecule has 1 saturated heterocycles. The Morgan fingerprint density at radius 3 is 2.18 bits per heavy atom. The highest BCUT2D eigenvalue weighted by Gasteiger charge is 2.54. The summed E-state index contributed by atoms with van der Waals surface area (Å²) in [6.07, 6.45) is -0.808. The van der Waals surface area contributed by atoms with Crippen LogP contribution in [-0.2, 0) is 19.1 Å². The number of rotatable bonds is 4. The monoisotopic (exact) mass is 307 g/mol. The van der Waals surface area contributed by atoms with Crippen LogP contribution in [-0.4, -0.2) is 43.8 Å². The van der Waals surface area contributed by atoms with Gasteiger partial charge in [-0.25, -0.2) is 4.79 Å². The van der Waals surface area contributed by atoms with Gasteiger partial charge in [-0.15, -0.1) is 0 Å². The number of β-lactam (4-membered cyclic amide) rings is 1. The van der Waals surface area contributed by atoms with Crippen LogP contribution >= 0.6 is 0 Å². The molecule has 1 aromatic rings. The van der Waals surface area contributed by atoms with Gasteiger partial charge in [-0.3, -0.25) is 9.69 Å². The van der Waals surface area contributed by atoms with Crippen LogP contribution in [0.25, 0.3) is 0 Å². The largest absolute Gasteiger partial charge is 0.497 e. The Balaban J connectivity index is 2.24. The van der Waals surface area contributed by atoms with Gasteiger partial charge in [-0.05, 0) is 45.0 Å². The number of carbonyl (C=O) groups excluding carboxylic acids is 2. The fourth-order valence-corrected chi connectivity index (χ4v) is 2.31. The molecule has 0 bridgehead atoms. The van der Waals surface area contributed by atoms with E-state index in [1.165, 1.54) is 12.0 Å². The fourth-order valence-electron chi connectivity index (χ4n) is 2.31. The van der Waals surface area contributed by atoms with Gasteiger partial charge >= 0.3 is 5.97 Å². The molecule has 120 valence electrons. The Kier molecular flexibility index (Phi) is 4.42. The molecule has 1 heterocycles. The molecule has 0 aromatic heterocycles. The number of benzene rings is 1. The molecule has 22 heavy (non-hydrogen) atoms. The number of hydrogen-bond acceptors (Lipinski definition) is 5. The standard InChI is InChI=1S/C16H21NO5/c1-16(2,3)22-15(19)12-13(21-5)14(18)17(12)10-6-8-11(20-4)9-7-10/h6-9,12-13H,1-5H3/t12-,13+/m1/s1. The molecule has 0 unspecified atom stereocenters. The smallest absolute Gasteiger partial charge is 0.333 e. The molecule has 0 saturated carbocycles. The summed E-state index contributed by atoms with van der Waals surface area (Å²) in [5.74, 6) is -0.0628. The van der Waals surface area contributed by atoms with E-state index < -0.39 is 23.7 Å². The zero-order valence-electron chi connectivity index (χ0n) is 13.5. The van der Waals surface area contributed by atoms with Crippen molar-refractivity contribution in [1.82, 2.24) is 0 Å². The summed E-state index contributed by atoms with van der Waals surface area (Å²) in [6.45, 7) is 5.35. The van der Waals surface area contributed by atoms with E-state index in [1.54, 1.807) is 52.1 Å². The lowest BCUT2D eigenvalue weighted by Crippen LogP contribution is -2.69. The molecule has 6 heteroatoms. The number of amides is 1. The fraction of sp³-hybridized carbons (Fsp3) is 0.500. The van der Waals surface area contributed by atoms with Crippen LogP contribution in [0.5, 0.6) is 5.75 Å². The summed E-state index contributed by atoms with van der Waals surface area (Å²) in [5.41, 5.74) is -0.0190. The predicted molar refractivity (Wildman–Crippen MR) is 80.9 cm³/mol. The van der Waals surface area contributed by atoms with Crippen LogP contribution in [0.2, 0.25) is 0 Å². The molecule has 0 spiro atoms. The quantitative estimate of drug-likeness (QED) is 0.626. The molecule has 1 aliphatic rings. The van der Waals surface area contributed by atoms with E-state index >= 15 is 0 Å². The van der Waals surface area contributed by atoms with Crippen LogP contribution in [0, 0.1) is 0 Å². The molecule has 2 atom stereocenters. The van der Waals surface area contributed by atoms with E-state index in [4.69, 9.17) is 14.2 Å². The van der Waals surface area contributed by atoms with Gasteiger partial charge in [-0.2, -0.15) is 0 Å². The highest BCUT2D eigenvalue weighted by atomic mass is 16.6. The molecule has 1 fully saturated rings. The van der Waals surface area contributed by atoms with Gasteiger partial charge in [0.05, 0.1) is 7.11 Å². The molecule has 6 nitrogen and oxygen atoms in total. The van der Waals surface area contributed by atoms with Crippen molar-refractivity contribution in [2.24, 2.45) is 0 Å². The summed E-state index contributed by atoms with van der Waals surface area (Å²) in [6, 6.07) is 6.13. The van der Waals surface area contributed by atoms with Gasteiger partial charge in [0.1, 0.15) is 11.4 Å². The zero-order chi connectivity index (χ0) is 16.5. The van der Waals surface area contributed by atoms with Crippen LogP contribution in [0.3, 0.4) is 0 Å². The molecule has 0 aliphatic carbocycles. The van der Waals surface area contributed by atoms with Crippen molar-refractivity contribution < 1.29 is 23.8 Å². The average Bonchev–Trinajstić information content (AvgIpc) is 2.44. The molecular weight excluding hydrogens is 286 g/mol. The van der Waals surface area contributed by atoms with Crippen LogP contribution in [0.15, 0.2) is 24.3 Å². The van der Waals surface area contributed by atoms with Crippen LogP contribution in [0.4, 0.5) is 5.69 Å². The van der Waals surface area contributed by atoms with Crippen molar-refractivity contribution in [3.8, 4) is 5.75 Å². The topological polar surface area (TPSA) is 65.1 Å². The Morgan fingerprint density at radius 1 is 1.14 bits per heavy atom. The van der Waals surface area contributed by atoms with Gasteiger partial charge in [0.15, 0.2) is 12.1 Å². The minimum atomic E-state index is -0.808. The van der Waals surface area contributed by atoms with E-state index in [1.807, 2.05) is 0 Å². The van der Waals surface area contributed by atoms with E-state index in [0.717, 1.165) is 0 Å². The number of anilines is 1.